The number of H-pyrrole nitrogens is 1. The van der Waals surface area contributed by atoms with Gasteiger partial charge in [0.2, 0.25) is 5.56 Å². The molecule has 5 nitrogen and oxygen atoms in total. The molecule has 3 N–H and O–H groups in total. The van der Waals surface area contributed by atoms with Crippen molar-refractivity contribution in [2.75, 3.05) is 6.61 Å². The lowest BCUT2D eigenvalue weighted by atomic mass is 10.2. The maximum absolute atomic E-state index is 11.6. The highest BCUT2D eigenvalue weighted by Crippen LogP contribution is 1.96. The molecule has 1 amide bonds. The number of carbonyl (C=O) groups is 1. The van der Waals surface area contributed by atoms with Crippen molar-refractivity contribution in [2.45, 2.75) is 19.4 Å². The van der Waals surface area contributed by atoms with Gasteiger partial charge in [0.1, 0.15) is 0 Å². The first-order chi connectivity index (χ1) is 7.17. The molecule has 0 aliphatic rings. The number of aromatic amines is 1. The number of hydrogen-bond donors (Lipinski definition) is 3. The minimum absolute atomic E-state index is 0.106. The van der Waals surface area contributed by atoms with E-state index in [0.29, 0.717) is 12.0 Å². The molecule has 82 valence electrons. The second-order valence-electron chi connectivity index (χ2n) is 3.20. The van der Waals surface area contributed by atoms with Crippen molar-refractivity contribution in [2.24, 2.45) is 0 Å². The SMILES string of the molecule is CC[C@H](CO)NC(=O)c1cc[nH]c(=O)c1. The first-order valence-electron chi connectivity index (χ1n) is 4.77. The van der Waals surface area contributed by atoms with Crippen LogP contribution in [0.2, 0.25) is 0 Å². The van der Waals surface area contributed by atoms with Gasteiger partial charge >= 0.3 is 0 Å². The van der Waals surface area contributed by atoms with Crippen LogP contribution in [-0.2, 0) is 0 Å². The summed E-state index contributed by atoms with van der Waals surface area (Å²) in [5.41, 5.74) is -0.0228. The van der Waals surface area contributed by atoms with Crippen molar-refractivity contribution in [1.29, 1.82) is 0 Å². The Bertz CT molecular complexity index is 382. The van der Waals surface area contributed by atoms with E-state index in [4.69, 9.17) is 5.11 Å². The molecule has 1 rings (SSSR count). The average Bonchev–Trinajstić information content (AvgIpc) is 2.25. The van der Waals surface area contributed by atoms with Gasteiger partial charge in [-0.15, -0.1) is 0 Å². The standard InChI is InChI=1S/C10H14N2O3/c1-2-8(6-13)12-10(15)7-3-4-11-9(14)5-7/h3-5,8,13H,2,6H2,1H3,(H,11,14)(H,12,15)/t8-/m1/s1. The summed E-state index contributed by atoms with van der Waals surface area (Å²) in [5, 5.41) is 11.5. The topological polar surface area (TPSA) is 82.2 Å². The summed E-state index contributed by atoms with van der Waals surface area (Å²) in [6.07, 6.45) is 2.06. The summed E-state index contributed by atoms with van der Waals surface area (Å²) in [6.45, 7) is 1.75. The Hall–Kier alpha value is -1.62. The third-order valence-corrected chi connectivity index (χ3v) is 2.09. The lowest BCUT2D eigenvalue weighted by Gasteiger charge is -2.13. The largest absolute Gasteiger partial charge is 0.394 e. The van der Waals surface area contributed by atoms with E-state index in [1.165, 1.54) is 18.3 Å². The quantitative estimate of drug-likeness (QED) is 0.647. The van der Waals surface area contributed by atoms with Crippen LogP contribution >= 0.6 is 0 Å². The zero-order chi connectivity index (χ0) is 11.3. The Kier molecular flexibility index (Phi) is 4.05. The van der Waals surface area contributed by atoms with Crippen LogP contribution in [0.5, 0.6) is 0 Å². The fraction of sp³-hybridized carbons (Fsp3) is 0.400. The molecule has 0 spiro atoms. The summed E-state index contributed by atoms with van der Waals surface area (Å²) < 4.78 is 0. The number of nitrogens with one attached hydrogen (secondary N) is 2. The number of hydrogen-bond acceptors (Lipinski definition) is 3. The molecule has 1 atom stereocenters. The van der Waals surface area contributed by atoms with Gasteiger partial charge < -0.3 is 15.4 Å². The van der Waals surface area contributed by atoms with Gasteiger partial charge in [0, 0.05) is 17.8 Å². The molecule has 0 aromatic carbocycles. The Morgan fingerprint density at radius 2 is 2.40 bits per heavy atom. The fourth-order valence-corrected chi connectivity index (χ4v) is 1.13. The van der Waals surface area contributed by atoms with E-state index in [1.807, 2.05) is 6.92 Å². The average molecular weight is 210 g/mol. The number of rotatable bonds is 4. The first kappa shape index (κ1) is 11.5. The van der Waals surface area contributed by atoms with E-state index >= 15 is 0 Å². The van der Waals surface area contributed by atoms with Gasteiger partial charge in [-0.3, -0.25) is 9.59 Å². The van der Waals surface area contributed by atoms with Crippen LogP contribution in [0.4, 0.5) is 0 Å². The van der Waals surface area contributed by atoms with Crippen LogP contribution in [0.25, 0.3) is 0 Å². The Morgan fingerprint density at radius 1 is 1.67 bits per heavy atom. The number of pyridine rings is 1. The van der Waals surface area contributed by atoms with E-state index in [0.717, 1.165) is 0 Å². The molecule has 1 aromatic rings. The first-order valence-corrected chi connectivity index (χ1v) is 4.77. The summed E-state index contributed by atoms with van der Waals surface area (Å²) in [4.78, 5) is 24.9. The zero-order valence-electron chi connectivity index (χ0n) is 8.49. The maximum atomic E-state index is 11.6. The molecule has 5 heteroatoms. The number of aliphatic hydroxyl groups excluding tert-OH is 1. The smallest absolute Gasteiger partial charge is 0.251 e. The highest BCUT2D eigenvalue weighted by Gasteiger charge is 2.10. The van der Waals surface area contributed by atoms with Gasteiger partial charge in [0.05, 0.1) is 12.6 Å². The van der Waals surface area contributed by atoms with Crippen molar-refractivity contribution < 1.29 is 9.90 Å². The van der Waals surface area contributed by atoms with Crippen molar-refractivity contribution >= 4 is 5.91 Å². The van der Waals surface area contributed by atoms with Crippen molar-refractivity contribution in [3.8, 4) is 0 Å². The Balaban J connectivity index is 2.73. The molecule has 15 heavy (non-hydrogen) atoms. The van der Waals surface area contributed by atoms with E-state index in [-0.39, 0.29) is 24.1 Å². The summed E-state index contributed by atoms with van der Waals surface area (Å²) in [5.74, 6) is -0.345. The van der Waals surface area contributed by atoms with Crippen LogP contribution in [0.3, 0.4) is 0 Å². The molecule has 0 fully saturated rings. The predicted octanol–water partition coefficient (Wildman–Crippen LogP) is -0.124. The monoisotopic (exact) mass is 210 g/mol. The number of carbonyl (C=O) groups excluding carboxylic acids is 1. The van der Waals surface area contributed by atoms with E-state index in [2.05, 4.69) is 10.3 Å². The Labute approximate surface area is 87.1 Å². The van der Waals surface area contributed by atoms with Crippen LogP contribution in [0, 0.1) is 0 Å². The lowest BCUT2D eigenvalue weighted by molar-refractivity contribution is 0.0914. The van der Waals surface area contributed by atoms with Gasteiger partial charge in [-0.05, 0) is 12.5 Å². The van der Waals surface area contributed by atoms with Crippen molar-refractivity contribution in [3.05, 3.63) is 34.2 Å². The Morgan fingerprint density at radius 3 is 2.93 bits per heavy atom. The van der Waals surface area contributed by atoms with Gasteiger partial charge in [-0.1, -0.05) is 6.92 Å². The summed E-state index contributed by atoms with van der Waals surface area (Å²) in [6, 6.07) is 2.47. The normalized spacial score (nSPS) is 12.1. The molecular formula is C10H14N2O3. The van der Waals surface area contributed by atoms with E-state index in [1.54, 1.807) is 0 Å². The molecule has 0 unspecified atom stereocenters. The zero-order valence-corrected chi connectivity index (χ0v) is 8.49. The molecule has 0 saturated carbocycles. The number of aromatic nitrogens is 1. The molecule has 1 aromatic heterocycles. The second-order valence-corrected chi connectivity index (χ2v) is 3.20. The molecule has 0 radical (unpaired) electrons. The van der Waals surface area contributed by atoms with Gasteiger partial charge in [-0.2, -0.15) is 0 Å². The third-order valence-electron chi connectivity index (χ3n) is 2.09. The molecule has 0 aliphatic carbocycles. The number of aliphatic hydroxyl groups is 1. The summed E-state index contributed by atoms with van der Waals surface area (Å²) >= 11 is 0. The van der Waals surface area contributed by atoms with Gasteiger partial charge in [-0.25, -0.2) is 0 Å². The molecule has 0 saturated heterocycles. The van der Waals surface area contributed by atoms with Crippen molar-refractivity contribution in [1.82, 2.24) is 10.3 Å². The molecule has 1 heterocycles. The van der Waals surface area contributed by atoms with E-state index < -0.39 is 0 Å². The van der Waals surface area contributed by atoms with Crippen LogP contribution < -0.4 is 10.9 Å². The predicted molar refractivity (Wildman–Crippen MR) is 55.7 cm³/mol. The number of amides is 1. The molecule has 0 aliphatic heterocycles. The van der Waals surface area contributed by atoms with Crippen LogP contribution in [0.15, 0.2) is 23.1 Å². The molecular weight excluding hydrogens is 196 g/mol. The van der Waals surface area contributed by atoms with Gasteiger partial charge in [0.15, 0.2) is 0 Å². The lowest BCUT2D eigenvalue weighted by Crippen LogP contribution is -2.37. The highest BCUT2D eigenvalue weighted by atomic mass is 16.3. The van der Waals surface area contributed by atoms with E-state index in [9.17, 15) is 9.59 Å². The van der Waals surface area contributed by atoms with Gasteiger partial charge in [0.25, 0.3) is 5.91 Å². The van der Waals surface area contributed by atoms with Crippen molar-refractivity contribution in [3.63, 3.8) is 0 Å². The summed E-state index contributed by atoms with van der Waals surface area (Å²) in [7, 11) is 0. The van der Waals surface area contributed by atoms with Crippen LogP contribution in [0.1, 0.15) is 23.7 Å². The highest BCUT2D eigenvalue weighted by molar-refractivity contribution is 5.94. The minimum atomic E-state index is -0.345. The second kappa shape index (κ2) is 5.31. The minimum Gasteiger partial charge on any atom is -0.394 e. The van der Waals surface area contributed by atoms with Crippen LogP contribution in [-0.4, -0.2) is 28.6 Å². The fourth-order valence-electron chi connectivity index (χ4n) is 1.13. The molecule has 0 bridgehead atoms. The third kappa shape index (κ3) is 3.21. The maximum Gasteiger partial charge on any atom is 0.251 e.